The number of amides is 3. The predicted octanol–water partition coefficient (Wildman–Crippen LogP) is -2.43. The molecule has 0 radical (unpaired) electrons. The summed E-state index contributed by atoms with van der Waals surface area (Å²) in [6.07, 6.45) is 0. The Morgan fingerprint density at radius 2 is 2.17 bits per heavy atom. The molecule has 7 heteroatoms. The summed E-state index contributed by atoms with van der Waals surface area (Å²) in [6.45, 7) is 0. The molecule has 0 aromatic rings. The lowest BCUT2D eigenvalue weighted by Gasteiger charge is -1.97. The predicted molar refractivity (Wildman–Crippen MR) is 35.1 cm³/mol. The van der Waals surface area contributed by atoms with Crippen molar-refractivity contribution in [2.45, 2.75) is 0 Å². The number of imide groups is 1. The molecule has 1 aliphatic rings. The van der Waals surface area contributed by atoms with Crippen molar-refractivity contribution in [2.24, 2.45) is 16.8 Å². The Labute approximate surface area is 66.2 Å². The highest BCUT2D eigenvalue weighted by Gasteiger charge is 2.42. The highest BCUT2D eigenvalue weighted by atomic mass is 16.4. The van der Waals surface area contributed by atoms with Crippen LogP contribution in [0, 0.1) is 5.92 Å². The number of nitrogens with two attached hydrogens (primary N) is 1. The van der Waals surface area contributed by atoms with Gasteiger partial charge in [0.1, 0.15) is 0 Å². The molecule has 0 saturated carbocycles. The number of rotatable bonds is 1. The summed E-state index contributed by atoms with van der Waals surface area (Å²) < 4.78 is 0. The van der Waals surface area contributed by atoms with Crippen molar-refractivity contribution in [1.29, 1.82) is 0 Å². The van der Waals surface area contributed by atoms with Crippen LogP contribution in [0.15, 0.2) is 5.16 Å². The Kier molecular flexibility index (Phi) is 1.78. The number of carbonyl (C=O) groups excluding carboxylic acids is 3. The topological polar surface area (TPSA) is 122 Å². The summed E-state index contributed by atoms with van der Waals surface area (Å²) in [6, 6.07) is 0. The molecule has 1 saturated heterocycles. The SMILES string of the molecule is NC(=O)C1C(=O)NC(=O)/C1=N/O. The molecular formula is C5H5N3O4. The van der Waals surface area contributed by atoms with Gasteiger partial charge < -0.3 is 10.9 Å². The van der Waals surface area contributed by atoms with Crippen molar-refractivity contribution < 1.29 is 19.6 Å². The second kappa shape index (κ2) is 2.61. The van der Waals surface area contributed by atoms with Crippen LogP contribution in [0.25, 0.3) is 0 Å². The Morgan fingerprint density at radius 1 is 1.58 bits per heavy atom. The van der Waals surface area contributed by atoms with E-state index in [0.29, 0.717) is 0 Å². The molecule has 4 N–H and O–H groups in total. The molecule has 3 amide bonds. The molecular weight excluding hydrogens is 166 g/mol. The summed E-state index contributed by atoms with van der Waals surface area (Å²) in [7, 11) is 0. The normalized spacial score (nSPS) is 26.0. The van der Waals surface area contributed by atoms with Gasteiger partial charge in [0.2, 0.25) is 11.8 Å². The summed E-state index contributed by atoms with van der Waals surface area (Å²) in [4.78, 5) is 32.0. The van der Waals surface area contributed by atoms with Crippen molar-refractivity contribution in [2.75, 3.05) is 0 Å². The monoisotopic (exact) mass is 171 g/mol. The molecule has 1 heterocycles. The maximum atomic E-state index is 10.8. The van der Waals surface area contributed by atoms with Crippen molar-refractivity contribution in [3.63, 3.8) is 0 Å². The molecule has 7 nitrogen and oxygen atoms in total. The van der Waals surface area contributed by atoms with Gasteiger partial charge in [-0.15, -0.1) is 0 Å². The van der Waals surface area contributed by atoms with E-state index in [1.807, 2.05) is 0 Å². The van der Waals surface area contributed by atoms with Gasteiger partial charge in [-0.3, -0.25) is 19.7 Å². The van der Waals surface area contributed by atoms with Crippen LogP contribution in [0.2, 0.25) is 0 Å². The molecule has 64 valence electrons. The molecule has 0 spiro atoms. The van der Waals surface area contributed by atoms with Crippen molar-refractivity contribution in [1.82, 2.24) is 5.32 Å². The van der Waals surface area contributed by atoms with Gasteiger partial charge in [0.25, 0.3) is 5.91 Å². The lowest BCUT2D eigenvalue weighted by atomic mass is 10.1. The standard InChI is InChI=1S/C5H5N3O4/c6-3(9)1-2(8-12)5(11)7-4(1)10/h1,12H,(H2,6,9)(H,7,10,11)/b8-2+. The van der Waals surface area contributed by atoms with Crippen molar-refractivity contribution in [3.05, 3.63) is 0 Å². The third-order valence-electron chi connectivity index (χ3n) is 1.40. The van der Waals surface area contributed by atoms with E-state index in [9.17, 15) is 14.4 Å². The smallest absolute Gasteiger partial charge is 0.277 e. The molecule has 12 heavy (non-hydrogen) atoms. The van der Waals surface area contributed by atoms with E-state index in [2.05, 4.69) is 5.16 Å². The van der Waals surface area contributed by atoms with Crippen LogP contribution in [0.5, 0.6) is 0 Å². The Morgan fingerprint density at radius 3 is 2.50 bits per heavy atom. The van der Waals surface area contributed by atoms with Gasteiger partial charge in [-0.1, -0.05) is 5.16 Å². The number of oxime groups is 1. The second-order valence-electron chi connectivity index (χ2n) is 2.14. The summed E-state index contributed by atoms with van der Waals surface area (Å²) in [5.74, 6) is -4.25. The molecule has 1 atom stereocenters. The maximum Gasteiger partial charge on any atom is 0.277 e. The van der Waals surface area contributed by atoms with Crippen LogP contribution < -0.4 is 11.1 Å². The largest absolute Gasteiger partial charge is 0.410 e. The first kappa shape index (κ1) is 8.18. The summed E-state index contributed by atoms with van der Waals surface area (Å²) in [5, 5.41) is 12.5. The van der Waals surface area contributed by atoms with Gasteiger partial charge in [-0.25, -0.2) is 0 Å². The maximum absolute atomic E-state index is 10.8. The van der Waals surface area contributed by atoms with Crippen molar-refractivity contribution >= 4 is 23.4 Å². The van der Waals surface area contributed by atoms with E-state index in [1.54, 1.807) is 5.32 Å². The lowest BCUT2D eigenvalue weighted by Crippen LogP contribution is -2.33. The molecule has 1 unspecified atom stereocenters. The number of nitrogens with zero attached hydrogens (tertiary/aromatic N) is 1. The Bertz CT molecular complexity index is 295. The molecule has 1 fully saturated rings. The highest BCUT2D eigenvalue weighted by Crippen LogP contribution is 2.07. The zero-order valence-electron chi connectivity index (χ0n) is 5.77. The highest BCUT2D eigenvalue weighted by molar-refractivity contribution is 6.54. The number of primary amides is 1. The van der Waals surface area contributed by atoms with Crippen LogP contribution in [0.1, 0.15) is 0 Å². The van der Waals surface area contributed by atoms with E-state index in [0.717, 1.165) is 0 Å². The van der Waals surface area contributed by atoms with Crippen LogP contribution in [-0.4, -0.2) is 28.6 Å². The fourth-order valence-corrected chi connectivity index (χ4v) is 0.870. The molecule has 1 rings (SSSR count). The molecule has 0 bridgehead atoms. The van der Waals surface area contributed by atoms with Crippen LogP contribution in [0.4, 0.5) is 0 Å². The van der Waals surface area contributed by atoms with Gasteiger partial charge in [-0.2, -0.15) is 0 Å². The van der Waals surface area contributed by atoms with Gasteiger partial charge >= 0.3 is 0 Å². The van der Waals surface area contributed by atoms with E-state index in [-0.39, 0.29) is 0 Å². The minimum atomic E-state index is -1.47. The molecule has 0 aromatic carbocycles. The minimum absolute atomic E-state index is 0.562. The van der Waals surface area contributed by atoms with Gasteiger partial charge in [0.15, 0.2) is 11.6 Å². The van der Waals surface area contributed by atoms with E-state index < -0.39 is 29.4 Å². The first-order chi connectivity index (χ1) is 5.57. The number of carbonyl (C=O) groups is 3. The van der Waals surface area contributed by atoms with Gasteiger partial charge in [-0.05, 0) is 0 Å². The number of hydrogen-bond acceptors (Lipinski definition) is 5. The lowest BCUT2D eigenvalue weighted by molar-refractivity contribution is -0.130. The van der Waals surface area contributed by atoms with E-state index in [1.165, 1.54) is 0 Å². The third-order valence-corrected chi connectivity index (χ3v) is 1.40. The van der Waals surface area contributed by atoms with Crippen LogP contribution >= 0.6 is 0 Å². The van der Waals surface area contributed by atoms with E-state index >= 15 is 0 Å². The van der Waals surface area contributed by atoms with Crippen LogP contribution in [0.3, 0.4) is 0 Å². The zero-order chi connectivity index (χ0) is 9.30. The Balaban J connectivity index is 3.06. The molecule has 1 aliphatic heterocycles. The number of nitrogens with one attached hydrogen (secondary N) is 1. The van der Waals surface area contributed by atoms with Crippen LogP contribution in [-0.2, 0) is 14.4 Å². The zero-order valence-corrected chi connectivity index (χ0v) is 5.77. The second-order valence-corrected chi connectivity index (χ2v) is 2.14. The average molecular weight is 171 g/mol. The fraction of sp³-hybridized carbons (Fsp3) is 0.200. The Hall–Kier alpha value is -1.92. The quantitative estimate of drug-likeness (QED) is 0.176. The van der Waals surface area contributed by atoms with Gasteiger partial charge in [0, 0.05) is 0 Å². The van der Waals surface area contributed by atoms with E-state index in [4.69, 9.17) is 10.9 Å². The third kappa shape index (κ3) is 1.00. The van der Waals surface area contributed by atoms with Crippen molar-refractivity contribution in [3.8, 4) is 0 Å². The average Bonchev–Trinajstić information content (AvgIpc) is 2.24. The first-order valence-corrected chi connectivity index (χ1v) is 2.94. The summed E-state index contributed by atoms with van der Waals surface area (Å²) in [5.41, 5.74) is 4.21. The fourth-order valence-electron chi connectivity index (χ4n) is 0.870. The summed E-state index contributed by atoms with van der Waals surface area (Å²) >= 11 is 0. The minimum Gasteiger partial charge on any atom is -0.410 e. The molecule has 0 aliphatic carbocycles. The first-order valence-electron chi connectivity index (χ1n) is 2.94. The molecule has 0 aromatic heterocycles. The van der Waals surface area contributed by atoms with Gasteiger partial charge in [0.05, 0.1) is 0 Å². The number of hydrogen-bond donors (Lipinski definition) is 3.